The highest BCUT2D eigenvalue weighted by atomic mass is 32.2. The molecule has 14 nitrogen and oxygen atoms in total. The van der Waals surface area contributed by atoms with Gasteiger partial charge in [-0.3, -0.25) is 19.1 Å². The number of thioether (sulfide) groups is 2. The van der Waals surface area contributed by atoms with Gasteiger partial charge >= 0.3 is 13.6 Å². The Bertz CT molecular complexity index is 1300. The van der Waals surface area contributed by atoms with E-state index in [9.17, 15) is 28.9 Å². The summed E-state index contributed by atoms with van der Waals surface area (Å²) in [6, 6.07) is 6.07. The zero-order chi connectivity index (χ0) is 26.7. The van der Waals surface area contributed by atoms with Crippen LogP contribution in [0.15, 0.2) is 40.7 Å². The van der Waals surface area contributed by atoms with Crippen molar-refractivity contribution < 1.29 is 33.5 Å². The van der Waals surface area contributed by atoms with E-state index >= 15 is 0 Å². The standard InChI is InChI=1S/C20H24N7O7PS2/c1-2-34-35(32,33)10-26-20(23-24-25-26)37-9-12-8-36-18-15(17(29)27(18)16(12)19(30)31)22-14(28)7-11-5-3-4-6-13(11)21/h3-6,15,18H,2,7-10,21H2,1H3,(H,22,28)(H,30,31)(H,32,33)/t15-,18-/m1/s1. The topological polar surface area (TPSA) is 203 Å². The maximum absolute atomic E-state index is 12.9. The zero-order valence-electron chi connectivity index (χ0n) is 19.5. The first kappa shape index (κ1) is 27.1. The van der Waals surface area contributed by atoms with Gasteiger partial charge < -0.3 is 25.6 Å². The summed E-state index contributed by atoms with van der Waals surface area (Å²) in [5.74, 6) is -1.76. The summed E-state index contributed by atoms with van der Waals surface area (Å²) in [6.45, 7) is 1.62. The Morgan fingerprint density at radius 2 is 2.14 bits per heavy atom. The van der Waals surface area contributed by atoms with Crippen molar-refractivity contribution in [2.45, 2.75) is 36.2 Å². The van der Waals surface area contributed by atoms with Crippen LogP contribution in [0.3, 0.4) is 0 Å². The third kappa shape index (κ3) is 5.99. The molecule has 2 amide bonds. The van der Waals surface area contributed by atoms with Crippen LogP contribution in [0.25, 0.3) is 0 Å². The largest absolute Gasteiger partial charge is 0.477 e. The fraction of sp³-hybridized carbons (Fsp3) is 0.400. The average molecular weight is 570 g/mol. The number of nitrogens with zero attached hydrogens (tertiary/aromatic N) is 5. The van der Waals surface area contributed by atoms with Crippen molar-refractivity contribution in [2.24, 2.45) is 0 Å². The fourth-order valence-corrected chi connectivity index (χ4v) is 7.31. The number of hydrogen-bond acceptors (Lipinski definition) is 11. The number of para-hydroxylation sites is 1. The quantitative estimate of drug-likeness (QED) is 0.126. The lowest BCUT2D eigenvalue weighted by Crippen LogP contribution is -2.70. The first-order valence-electron chi connectivity index (χ1n) is 11.0. The zero-order valence-corrected chi connectivity index (χ0v) is 22.0. The van der Waals surface area contributed by atoms with Gasteiger partial charge in [0, 0.05) is 17.2 Å². The summed E-state index contributed by atoms with van der Waals surface area (Å²) in [7, 11) is -3.95. The van der Waals surface area contributed by atoms with Gasteiger partial charge in [-0.05, 0) is 34.6 Å². The summed E-state index contributed by atoms with van der Waals surface area (Å²) in [6.07, 6.45) is -0.464. The number of fused-ring (bicyclic) bond motifs is 1. The first-order valence-corrected chi connectivity index (χ1v) is 14.8. The summed E-state index contributed by atoms with van der Waals surface area (Å²) in [5, 5.41) is 23.2. The Labute approximate surface area is 219 Å². The molecule has 0 aliphatic carbocycles. The van der Waals surface area contributed by atoms with E-state index in [2.05, 4.69) is 20.8 Å². The minimum atomic E-state index is -3.95. The van der Waals surface area contributed by atoms with Gasteiger partial charge in [0.25, 0.3) is 5.91 Å². The molecule has 1 aromatic heterocycles. The van der Waals surface area contributed by atoms with E-state index in [0.29, 0.717) is 22.6 Å². The lowest BCUT2D eigenvalue weighted by atomic mass is 10.0. The van der Waals surface area contributed by atoms with E-state index in [-0.39, 0.29) is 29.6 Å². The van der Waals surface area contributed by atoms with E-state index in [4.69, 9.17) is 10.3 Å². The van der Waals surface area contributed by atoms with Crippen molar-refractivity contribution in [3.63, 3.8) is 0 Å². The van der Waals surface area contributed by atoms with Gasteiger partial charge in [0.15, 0.2) is 0 Å². The molecule has 4 rings (SSSR count). The number of tetrazole rings is 1. The lowest BCUT2D eigenvalue weighted by molar-refractivity contribution is -0.150. The second-order valence-corrected chi connectivity index (χ2v) is 11.9. The van der Waals surface area contributed by atoms with E-state index in [1.165, 1.54) is 16.7 Å². The molecule has 1 fully saturated rings. The molecule has 3 atom stereocenters. The number of carboxylic acids is 1. The molecule has 0 bridgehead atoms. The van der Waals surface area contributed by atoms with Crippen LogP contribution in [0.2, 0.25) is 0 Å². The third-order valence-electron chi connectivity index (χ3n) is 5.49. The van der Waals surface area contributed by atoms with Gasteiger partial charge in [0.2, 0.25) is 11.1 Å². The third-order valence-corrected chi connectivity index (χ3v) is 9.16. The number of benzene rings is 1. The number of rotatable bonds is 11. The molecule has 3 heterocycles. The Balaban J connectivity index is 1.43. The van der Waals surface area contributed by atoms with Crippen LogP contribution < -0.4 is 11.1 Å². The van der Waals surface area contributed by atoms with Crippen LogP contribution in [0.4, 0.5) is 5.69 Å². The number of hydrogen-bond donors (Lipinski definition) is 4. The number of carbonyl (C=O) groups is 3. The summed E-state index contributed by atoms with van der Waals surface area (Å²) < 4.78 is 18.0. The molecule has 0 spiro atoms. The van der Waals surface area contributed by atoms with Gasteiger partial charge in [0.05, 0.1) is 13.0 Å². The predicted octanol–water partition coefficient (Wildman–Crippen LogP) is 0.508. The highest BCUT2D eigenvalue weighted by Gasteiger charge is 2.54. The van der Waals surface area contributed by atoms with Crippen LogP contribution in [0.5, 0.6) is 0 Å². The lowest BCUT2D eigenvalue weighted by Gasteiger charge is -2.49. The number of amides is 2. The number of β-lactam (4-membered cyclic amide) rings is 1. The van der Waals surface area contributed by atoms with Gasteiger partial charge in [-0.1, -0.05) is 30.0 Å². The molecule has 1 unspecified atom stereocenters. The Hall–Kier alpha value is -2.91. The SMILES string of the molecule is CCOP(=O)(O)Cn1nnnc1SCC1=C(C(=O)O)N2C(=O)[C@@H](NC(=O)Cc3ccccc3N)[C@H]2SC1. The average Bonchev–Trinajstić information content (AvgIpc) is 3.27. The minimum absolute atomic E-state index is 0.00383. The molecular weight excluding hydrogens is 545 g/mol. The van der Waals surface area contributed by atoms with Crippen molar-refractivity contribution in [1.82, 2.24) is 30.4 Å². The molecule has 2 aliphatic heterocycles. The molecule has 17 heteroatoms. The Morgan fingerprint density at radius 3 is 2.84 bits per heavy atom. The van der Waals surface area contributed by atoms with Gasteiger partial charge in [-0.2, -0.15) is 0 Å². The maximum atomic E-state index is 12.9. The van der Waals surface area contributed by atoms with Gasteiger partial charge in [-0.15, -0.1) is 16.9 Å². The first-order chi connectivity index (χ1) is 17.6. The summed E-state index contributed by atoms with van der Waals surface area (Å²) in [5.41, 5.74) is 7.29. The summed E-state index contributed by atoms with van der Waals surface area (Å²) >= 11 is 2.40. The number of nitrogen functional groups attached to an aromatic ring is 1. The molecule has 2 aliphatic rings. The number of carbonyl (C=O) groups excluding carboxylic acids is 2. The monoisotopic (exact) mass is 569 g/mol. The highest BCUT2D eigenvalue weighted by Crippen LogP contribution is 2.44. The van der Waals surface area contributed by atoms with Crippen LogP contribution in [0.1, 0.15) is 12.5 Å². The molecule has 5 N–H and O–H groups in total. The van der Waals surface area contributed by atoms with Crippen molar-refractivity contribution in [3.8, 4) is 0 Å². The molecular formula is C20H24N7O7PS2. The van der Waals surface area contributed by atoms with Crippen LogP contribution in [-0.2, 0) is 36.2 Å². The second-order valence-electron chi connectivity index (χ2n) is 8.03. The number of aromatic nitrogens is 4. The number of nitrogens with one attached hydrogen (secondary N) is 1. The van der Waals surface area contributed by atoms with Crippen LogP contribution in [-0.4, -0.2) is 82.4 Å². The van der Waals surface area contributed by atoms with E-state index in [0.717, 1.165) is 16.4 Å². The van der Waals surface area contributed by atoms with E-state index < -0.39 is 43.1 Å². The fourth-order valence-electron chi connectivity index (χ4n) is 3.84. The van der Waals surface area contributed by atoms with Crippen LogP contribution >= 0.6 is 31.1 Å². The Morgan fingerprint density at radius 1 is 1.38 bits per heavy atom. The molecule has 0 radical (unpaired) electrons. The molecule has 0 saturated carbocycles. The summed E-state index contributed by atoms with van der Waals surface area (Å²) in [4.78, 5) is 48.5. The Kier molecular flexibility index (Phi) is 8.23. The van der Waals surface area contributed by atoms with E-state index in [1.807, 2.05) is 0 Å². The smallest absolute Gasteiger partial charge is 0.352 e. The number of anilines is 1. The van der Waals surface area contributed by atoms with Crippen molar-refractivity contribution in [3.05, 3.63) is 41.1 Å². The molecule has 198 valence electrons. The molecule has 1 aromatic carbocycles. The number of aliphatic carboxylic acids is 1. The maximum Gasteiger partial charge on any atom is 0.352 e. The molecule has 2 aromatic rings. The predicted molar refractivity (Wildman–Crippen MR) is 134 cm³/mol. The second kappa shape index (κ2) is 11.2. The normalized spacial score (nSPS) is 20.7. The van der Waals surface area contributed by atoms with Crippen molar-refractivity contribution in [2.75, 3.05) is 23.8 Å². The van der Waals surface area contributed by atoms with Crippen molar-refractivity contribution >= 4 is 54.6 Å². The minimum Gasteiger partial charge on any atom is -0.477 e. The number of nitrogens with two attached hydrogens (primary N) is 1. The molecule has 1 saturated heterocycles. The number of carboxylic acid groups (broad SMARTS) is 1. The highest BCUT2D eigenvalue weighted by molar-refractivity contribution is 8.01. The van der Waals surface area contributed by atoms with Gasteiger partial charge in [-0.25, -0.2) is 9.48 Å². The molecule has 37 heavy (non-hydrogen) atoms. The van der Waals surface area contributed by atoms with Crippen LogP contribution in [0, 0.1) is 0 Å². The van der Waals surface area contributed by atoms with E-state index in [1.54, 1.807) is 31.2 Å². The van der Waals surface area contributed by atoms with Gasteiger partial charge in [0.1, 0.15) is 23.4 Å². The van der Waals surface area contributed by atoms with Crippen molar-refractivity contribution in [1.29, 1.82) is 0 Å².